The van der Waals surface area contributed by atoms with Crippen LogP contribution in [0.15, 0.2) is 11.6 Å². The lowest BCUT2D eigenvalue weighted by atomic mass is 9.99. The standard InChI is InChI=1S/C18H29N3O4/c1-12(2)16(20(5)17(24)10-19-11-22)9-13(3)18(25)21-8-6-7-15(21)14(4)23/h9,11-12,15-16H,6-8,10H2,1-5H3,(H,19,22)/t15-,16+/m0/s1. The van der Waals surface area contributed by atoms with Crippen molar-refractivity contribution in [2.45, 2.75) is 52.6 Å². The summed E-state index contributed by atoms with van der Waals surface area (Å²) in [5.41, 5.74) is 0.523. The van der Waals surface area contributed by atoms with Gasteiger partial charge < -0.3 is 15.1 Å². The van der Waals surface area contributed by atoms with Crippen molar-refractivity contribution in [3.8, 4) is 0 Å². The Kier molecular flexibility index (Phi) is 7.80. The number of carbonyl (C=O) groups excluding carboxylic acids is 4. The van der Waals surface area contributed by atoms with E-state index in [0.29, 0.717) is 24.9 Å². The molecule has 0 bridgehead atoms. The van der Waals surface area contributed by atoms with Gasteiger partial charge in [0.15, 0.2) is 5.78 Å². The van der Waals surface area contributed by atoms with Gasteiger partial charge in [-0.05, 0) is 32.6 Å². The number of Topliss-reactive ketones (excluding diaryl/α,β-unsaturated/α-hetero) is 1. The highest BCUT2D eigenvalue weighted by atomic mass is 16.2. The zero-order chi connectivity index (χ0) is 19.1. The minimum atomic E-state index is -0.343. The number of nitrogens with one attached hydrogen (secondary N) is 1. The van der Waals surface area contributed by atoms with Crippen LogP contribution in [0.3, 0.4) is 0 Å². The Bertz CT molecular complexity index is 557. The summed E-state index contributed by atoms with van der Waals surface area (Å²) in [5, 5.41) is 2.36. The lowest BCUT2D eigenvalue weighted by Gasteiger charge is -2.30. The van der Waals surface area contributed by atoms with Crippen molar-refractivity contribution in [3.63, 3.8) is 0 Å². The third kappa shape index (κ3) is 5.41. The van der Waals surface area contributed by atoms with Gasteiger partial charge in [0.1, 0.15) is 0 Å². The van der Waals surface area contributed by atoms with Crippen LogP contribution in [0.4, 0.5) is 0 Å². The van der Waals surface area contributed by atoms with Gasteiger partial charge in [0.05, 0.1) is 18.6 Å². The zero-order valence-corrected chi connectivity index (χ0v) is 15.7. The van der Waals surface area contributed by atoms with Crippen LogP contribution < -0.4 is 5.32 Å². The highest BCUT2D eigenvalue weighted by Crippen LogP contribution is 2.21. The molecule has 3 amide bonds. The molecule has 2 atom stereocenters. The molecule has 0 aliphatic carbocycles. The minimum Gasteiger partial charge on any atom is -0.350 e. The molecule has 0 aromatic rings. The fourth-order valence-electron chi connectivity index (χ4n) is 3.16. The zero-order valence-electron chi connectivity index (χ0n) is 15.7. The molecule has 0 aromatic carbocycles. The van der Waals surface area contributed by atoms with Crippen LogP contribution in [0.25, 0.3) is 0 Å². The average molecular weight is 351 g/mol. The number of amides is 3. The average Bonchev–Trinajstić information content (AvgIpc) is 3.05. The summed E-state index contributed by atoms with van der Waals surface area (Å²) in [6, 6.07) is -0.618. The van der Waals surface area contributed by atoms with Gasteiger partial charge in [-0.1, -0.05) is 19.9 Å². The Morgan fingerprint density at radius 3 is 2.44 bits per heavy atom. The van der Waals surface area contributed by atoms with E-state index in [0.717, 1.165) is 6.42 Å². The predicted octanol–water partition coefficient (Wildman–Crippen LogP) is 0.742. The number of nitrogens with zero attached hydrogens (tertiary/aromatic N) is 2. The number of carbonyl (C=O) groups is 4. The Morgan fingerprint density at radius 2 is 1.92 bits per heavy atom. The molecule has 0 saturated carbocycles. The minimum absolute atomic E-state index is 0.00583. The van der Waals surface area contributed by atoms with E-state index in [1.54, 1.807) is 24.9 Å². The van der Waals surface area contributed by atoms with Crippen LogP contribution in [0.1, 0.15) is 40.5 Å². The first-order chi connectivity index (χ1) is 11.7. The highest BCUT2D eigenvalue weighted by Gasteiger charge is 2.33. The SMILES string of the molecule is CC(=O)[C@@H]1CCCN1C(=O)C(C)=C[C@H](C(C)C)N(C)C(=O)CNC=O. The topological polar surface area (TPSA) is 86.8 Å². The van der Waals surface area contributed by atoms with Crippen molar-refractivity contribution < 1.29 is 19.2 Å². The van der Waals surface area contributed by atoms with Crippen molar-refractivity contribution in [2.75, 3.05) is 20.1 Å². The first-order valence-electron chi connectivity index (χ1n) is 8.63. The summed E-state index contributed by atoms with van der Waals surface area (Å²) < 4.78 is 0. The molecule has 7 nitrogen and oxygen atoms in total. The second kappa shape index (κ2) is 9.34. The molecule has 7 heteroatoms. The quantitative estimate of drug-likeness (QED) is 0.516. The number of hydrogen-bond donors (Lipinski definition) is 1. The summed E-state index contributed by atoms with van der Waals surface area (Å²) in [7, 11) is 1.65. The van der Waals surface area contributed by atoms with E-state index in [2.05, 4.69) is 5.32 Å². The molecule has 0 radical (unpaired) electrons. The molecule has 140 valence electrons. The van der Waals surface area contributed by atoms with Gasteiger partial charge in [-0.3, -0.25) is 19.2 Å². The first-order valence-corrected chi connectivity index (χ1v) is 8.63. The lowest BCUT2D eigenvalue weighted by molar-refractivity contribution is -0.134. The van der Waals surface area contributed by atoms with Crippen molar-refractivity contribution in [1.29, 1.82) is 0 Å². The number of ketones is 1. The molecule has 1 N–H and O–H groups in total. The molecule has 1 saturated heterocycles. The van der Waals surface area contributed by atoms with Crippen molar-refractivity contribution in [1.82, 2.24) is 15.1 Å². The van der Waals surface area contributed by atoms with Gasteiger partial charge in [-0.15, -0.1) is 0 Å². The smallest absolute Gasteiger partial charge is 0.249 e. The first kappa shape index (κ1) is 20.9. The molecular weight excluding hydrogens is 322 g/mol. The Balaban J connectivity index is 2.93. The van der Waals surface area contributed by atoms with Crippen LogP contribution in [-0.2, 0) is 19.2 Å². The Labute approximate surface area is 149 Å². The summed E-state index contributed by atoms with van der Waals surface area (Å²) in [4.78, 5) is 50.1. The Hall–Kier alpha value is -2.18. The summed E-state index contributed by atoms with van der Waals surface area (Å²) in [6.45, 7) is 7.66. The molecule has 1 aliphatic heterocycles. The molecule has 25 heavy (non-hydrogen) atoms. The van der Waals surface area contributed by atoms with Gasteiger partial charge in [-0.2, -0.15) is 0 Å². The van der Waals surface area contributed by atoms with E-state index in [1.807, 2.05) is 13.8 Å². The summed E-state index contributed by atoms with van der Waals surface area (Å²) >= 11 is 0. The number of likely N-dealkylation sites (N-methyl/N-ethyl adjacent to an activating group) is 1. The third-order valence-corrected chi connectivity index (χ3v) is 4.60. The van der Waals surface area contributed by atoms with E-state index in [4.69, 9.17) is 0 Å². The van der Waals surface area contributed by atoms with E-state index in [1.165, 1.54) is 11.8 Å². The predicted molar refractivity (Wildman–Crippen MR) is 94.6 cm³/mol. The number of likely N-dealkylation sites (tertiary alicyclic amines) is 1. The number of hydrogen-bond acceptors (Lipinski definition) is 4. The van der Waals surface area contributed by atoms with Crippen LogP contribution in [0.5, 0.6) is 0 Å². The molecule has 0 unspecified atom stereocenters. The van der Waals surface area contributed by atoms with Crippen LogP contribution in [-0.4, -0.2) is 66.0 Å². The van der Waals surface area contributed by atoms with Gasteiger partial charge in [-0.25, -0.2) is 0 Å². The second-order valence-corrected chi connectivity index (χ2v) is 6.85. The maximum Gasteiger partial charge on any atom is 0.249 e. The van der Waals surface area contributed by atoms with E-state index >= 15 is 0 Å². The molecular formula is C18H29N3O4. The Morgan fingerprint density at radius 1 is 1.28 bits per heavy atom. The maximum absolute atomic E-state index is 12.7. The monoisotopic (exact) mass is 351 g/mol. The van der Waals surface area contributed by atoms with E-state index < -0.39 is 0 Å². The molecule has 0 aromatic heterocycles. The van der Waals surface area contributed by atoms with E-state index in [9.17, 15) is 19.2 Å². The van der Waals surface area contributed by atoms with E-state index in [-0.39, 0.29) is 42.1 Å². The second-order valence-electron chi connectivity index (χ2n) is 6.85. The van der Waals surface area contributed by atoms with Gasteiger partial charge >= 0.3 is 0 Å². The molecule has 0 spiro atoms. The molecule has 1 heterocycles. The molecule has 1 fully saturated rings. The van der Waals surface area contributed by atoms with Crippen molar-refractivity contribution in [2.24, 2.45) is 5.92 Å². The molecule has 1 aliphatic rings. The highest BCUT2D eigenvalue weighted by molar-refractivity contribution is 5.97. The maximum atomic E-state index is 12.7. The summed E-state index contributed by atoms with van der Waals surface area (Å²) in [6.07, 6.45) is 3.79. The van der Waals surface area contributed by atoms with Crippen molar-refractivity contribution >= 4 is 24.0 Å². The van der Waals surface area contributed by atoms with Crippen molar-refractivity contribution in [3.05, 3.63) is 11.6 Å². The van der Waals surface area contributed by atoms with Crippen LogP contribution in [0, 0.1) is 5.92 Å². The summed E-state index contributed by atoms with van der Waals surface area (Å²) in [5.74, 6) is -0.290. The fraction of sp³-hybridized carbons (Fsp3) is 0.667. The van der Waals surface area contributed by atoms with Gasteiger partial charge in [0.25, 0.3) is 0 Å². The lowest BCUT2D eigenvalue weighted by Crippen LogP contribution is -2.44. The normalized spacial score (nSPS) is 18.9. The van der Waals surface area contributed by atoms with Gasteiger partial charge in [0.2, 0.25) is 18.2 Å². The van der Waals surface area contributed by atoms with Crippen LogP contribution in [0.2, 0.25) is 0 Å². The number of rotatable bonds is 8. The van der Waals surface area contributed by atoms with Crippen LogP contribution >= 0.6 is 0 Å². The molecule has 1 rings (SSSR count). The largest absolute Gasteiger partial charge is 0.350 e. The fourth-order valence-corrected chi connectivity index (χ4v) is 3.16. The van der Waals surface area contributed by atoms with Gasteiger partial charge in [0, 0.05) is 19.2 Å². The third-order valence-electron chi connectivity index (χ3n) is 4.60.